The van der Waals surface area contributed by atoms with Crippen molar-refractivity contribution in [2.75, 3.05) is 20.3 Å². The molecule has 1 aromatic rings. The molecule has 118 valence electrons. The second-order valence-electron chi connectivity index (χ2n) is 5.73. The predicted molar refractivity (Wildman–Crippen MR) is 83.5 cm³/mol. The molecule has 0 aliphatic heterocycles. The van der Waals surface area contributed by atoms with Crippen molar-refractivity contribution in [2.45, 2.75) is 50.9 Å². The number of hydrogen-bond donors (Lipinski definition) is 2. The molecule has 21 heavy (non-hydrogen) atoms. The topological polar surface area (TPSA) is 50.7 Å². The Kier molecular flexibility index (Phi) is 7.00. The number of methoxy groups -OCH3 is 1. The van der Waals surface area contributed by atoms with E-state index in [1.165, 1.54) is 19.3 Å². The third-order valence-electron chi connectivity index (χ3n) is 3.92. The fraction of sp³-hybridized carbons (Fsp3) is 0.647. The van der Waals surface area contributed by atoms with E-state index in [4.69, 9.17) is 9.47 Å². The largest absolute Gasteiger partial charge is 0.497 e. The maximum atomic E-state index is 9.95. The number of hydrogen-bond acceptors (Lipinski definition) is 4. The minimum atomic E-state index is -0.447. The van der Waals surface area contributed by atoms with Crippen LogP contribution in [0.15, 0.2) is 24.3 Å². The van der Waals surface area contributed by atoms with Crippen LogP contribution in [0.4, 0.5) is 0 Å². The van der Waals surface area contributed by atoms with Crippen LogP contribution in [0.1, 0.15) is 37.7 Å². The summed E-state index contributed by atoms with van der Waals surface area (Å²) in [6.07, 6.45) is 6.03. The summed E-state index contributed by atoms with van der Waals surface area (Å²) in [5.41, 5.74) is 1.15. The highest BCUT2D eigenvalue weighted by Crippen LogP contribution is 2.20. The second-order valence-corrected chi connectivity index (χ2v) is 5.73. The summed E-state index contributed by atoms with van der Waals surface area (Å²) in [4.78, 5) is 0. The number of nitrogens with one attached hydrogen (secondary N) is 1. The first kappa shape index (κ1) is 16.3. The molecule has 0 aromatic heterocycles. The van der Waals surface area contributed by atoms with Crippen molar-refractivity contribution in [1.82, 2.24) is 5.32 Å². The summed E-state index contributed by atoms with van der Waals surface area (Å²) in [7, 11) is 1.67. The molecule has 1 aliphatic rings. The van der Waals surface area contributed by atoms with E-state index < -0.39 is 6.10 Å². The minimum absolute atomic E-state index is 0.354. The van der Waals surface area contributed by atoms with Crippen LogP contribution in [0.2, 0.25) is 0 Å². The van der Waals surface area contributed by atoms with Crippen LogP contribution in [0.25, 0.3) is 0 Å². The molecule has 0 saturated heterocycles. The van der Waals surface area contributed by atoms with Gasteiger partial charge in [-0.25, -0.2) is 0 Å². The van der Waals surface area contributed by atoms with Crippen molar-refractivity contribution in [3.05, 3.63) is 29.8 Å². The van der Waals surface area contributed by atoms with E-state index in [1.807, 2.05) is 24.3 Å². The van der Waals surface area contributed by atoms with E-state index in [1.54, 1.807) is 7.11 Å². The molecule has 1 aliphatic carbocycles. The molecule has 1 aromatic carbocycles. The van der Waals surface area contributed by atoms with Crippen molar-refractivity contribution in [3.63, 3.8) is 0 Å². The first-order chi connectivity index (χ1) is 10.3. The standard InChI is InChI=1S/C17H27NO3/c1-20-17-9-5-6-14(10-17)11-18-12-15(19)13-21-16-7-3-2-4-8-16/h5-6,9-10,15-16,18-19H,2-4,7-8,11-13H2,1H3. The van der Waals surface area contributed by atoms with Gasteiger partial charge in [0.05, 0.1) is 25.9 Å². The first-order valence-electron chi connectivity index (χ1n) is 7.91. The molecular weight excluding hydrogens is 266 g/mol. The fourth-order valence-electron chi connectivity index (χ4n) is 2.70. The van der Waals surface area contributed by atoms with Gasteiger partial charge in [-0.15, -0.1) is 0 Å². The van der Waals surface area contributed by atoms with E-state index in [9.17, 15) is 5.11 Å². The Hall–Kier alpha value is -1.10. The van der Waals surface area contributed by atoms with E-state index in [0.717, 1.165) is 30.7 Å². The molecule has 4 heteroatoms. The van der Waals surface area contributed by atoms with Gasteiger partial charge >= 0.3 is 0 Å². The summed E-state index contributed by atoms with van der Waals surface area (Å²) in [5.74, 6) is 0.857. The van der Waals surface area contributed by atoms with Gasteiger partial charge in [0.1, 0.15) is 5.75 Å². The number of rotatable bonds is 8. The third kappa shape index (κ3) is 6.04. The maximum Gasteiger partial charge on any atom is 0.119 e. The predicted octanol–water partition coefficient (Wildman–Crippen LogP) is 2.50. The van der Waals surface area contributed by atoms with Crippen LogP contribution in [0, 0.1) is 0 Å². The molecule has 2 N–H and O–H groups in total. The number of aliphatic hydroxyl groups excluding tert-OH is 1. The molecule has 0 radical (unpaired) electrons. The summed E-state index contributed by atoms with van der Waals surface area (Å²) in [5, 5.41) is 13.2. The summed E-state index contributed by atoms with van der Waals surface area (Å²) in [6.45, 7) is 1.69. The van der Waals surface area contributed by atoms with E-state index in [0.29, 0.717) is 19.3 Å². The van der Waals surface area contributed by atoms with Crippen molar-refractivity contribution < 1.29 is 14.6 Å². The number of benzene rings is 1. The molecule has 1 atom stereocenters. The van der Waals surface area contributed by atoms with Crippen molar-refractivity contribution in [1.29, 1.82) is 0 Å². The summed E-state index contributed by atoms with van der Waals surface area (Å²) >= 11 is 0. The molecular formula is C17H27NO3. The average molecular weight is 293 g/mol. The van der Waals surface area contributed by atoms with Gasteiger partial charge in [-0.1, -0.05) is 31.4 Å². The molecule has 1 fully saturated rings. The first-order valence-corrected chi connectivity index (χ1v) is 7.91. The molecule has 0 heterocycles. The Balaban J connectivity index is 1.60. The van der Waals surface area contributed by atoms with Gasteiger partial charge in [0.25, 0.3) is 0 Å². The maximum absolute atomic E-state index is 9.95. The Bertz CT molecular complexity index is 405. The highest BCUT2D eigenvalue weighted by Gasteiger charge is 2.15. The Morgan fingerprint density at radius 1 is 1.29 bits per heavy atom. The SMILES string of the molecule is COc1cccc(CNCC(O)COC2CCCCC2)c1. The molecule has 1 saturated carbocycles. The molecule has 0 bridgehead atoms. The van der Waals surface area contributed by atoms with E-state index in [-0.39, 0.29) is 0 Å². The van der Waals surface area contributed by atoms with Gasteiger partial charge in [-0.05, 0) is 30.5 Å². The molecule has 1 unspecified atom stereocenters. The lowest BCUT2D eigenvalue weighted by molar-refractivity contribution is -0.0230. The van der Waals surface area contributed by atoms with Crippen molar-refractivity contribution >= 4 is 0 Å². The van der Waals surface area contributed by atoms with Crippen molar-refractivity contribution in [2.24, 2.45) is 0 Å². The highest BCUT2D eigenvalue weighted by molar-refractivity contribution is 5.28. The second kappa shape index (κ2) is 9.03. The average Bonchev–Trinajstić information content (AvgIpc) is 2.54. The Morgan fingerprint density at radius 3 is 2.86 bits per heavy atom. The lowest BCUT2D eigenvalue weighted by atomic mass is 9.98. The Morgan fingerprint density at radius 2 is 2.10 bits per heavy atom. The molecule has 4 nitrogen and oxygen atoms in total. The van der Waals surface area contributed by atoms with Crippen LogP contribution in [-0.2, 0) is 11.3 Å². The van der Waals surface area contributed by atoms with E-state index in [2.05, 4.69) is 5.32 Å². The zero-order valence-corrected chi connectivity index (χ0v) is 12.9. The van der Waals surface area contributed by atoms with Crippen LogP contribution in [-0.4, -0.2) is 37.6 Å². The summed E-state index contributed by atoms with van der Waals surface area (Å²) < 4.78 is 11.0. The van der Waals surface area contributed by atoms with Crippen molar-refractivity contribution in [3.8, 4) is 5.75 Å². The fourth-order valence-corrected chi connectivity index (χ4v) is 2.70. The van der Waals surface area contributed by atoms with Gasteiger partial charge in [0, 0.05) is 13.1 Å². The van der Waals surface area contributed by atoms with Gasteiger partial charge in [0.2, 0.25) is 0 Å². The highest BCUT2D eigenvalue weighted by atomic mass is 16.5. The number of aliphatic hydroxyl groups is 1. The monoisotopic (exact) mass is 293 g/mol. The normalized spacial score (nSPS) is 17.6. The molecule has 0 spiro atoms. The van der Waals surface area contributed by atoms with Crippen LogP contribution < -0.4 is 10.1 Å². The van der Waals surface area contributed by atoms with Crippen LogP contribution >= 0.6 is 0 Å². The Labute approximate surface area is 127 Å². The van der Waals surface area contributed by atoms with E-state index >= 15 is 0 Å². The van der Waals surface area contributed by atoms with Gasteiger partial charge in [0.15, 0.2) is 0 Å². The van der Waals surface area contributed by atoms with Gasteiger partial charge in [-0.3, -0.25) is 0 Å². The van der Waals surface area contributed by atoms with Gasteiger partial charge in [-0.2, -0.15) is 0 Å². The summed E-state index contributed by atoms with van der Waals surface area (Å²) in [6, 6.07) is 7.94. The molecule has 0 amide bonds. The zero-order chi connectivity index (χ0) is 14.9. The quantitative estimate of drug-likeness (QED) is 0.773. The lowest BCUT2D eigenvalue weighted by Gasteiger charge is -2.23. The van der Waals surface area contributed by atoms with Crippen LogP contribution in [0.3, 0.4) is 0 Å². The minimum Gasteiger partial charge on any atom is -0.497 e. The molecule has 2 rings (SSSR count). The van der Waals surface area contributed by atoms with Crippen LogP contribution in [0.5, 0.6) is 5.75 Å². The number of ether oxygens (including phenoxy) is 2. The lowest BCUT2D eigenvalue weighted by Crippen LogP contribution is -2.32. The smallest absolute Gasteiger partial charge is 0.119 e. The van der Waals surface area contributed by atoms with Gasteiger partial charge < -0.3 is 19.9 Å². The zero-order valence-electron chi connectivity index (χ0n) is 12.9. The third-order valence-corrected chi connectivity index (χ3v) is 3.92.